The Morgan fingerprint density at radius 2 is 1.22 bits per heavy atom. The maximum atomic E-state index is 13.7. The van der Waals surface area contributed by atoms with E-state index >= 15 is 0 Å². The standard InChI is InChI=1S/C51H62N2O16/c1-8-18-38(66-46(58)28-26-44(54)55)50(3,4)40-23-14-12-10-11-13-20-33(62-7)30-43-53-35(32-64-43)49(61)69-41(51(5,6)39(19-9-2)67-47(59)29-27-45(56)57)24-17-22-37-36(65-37)21-15-16-25-42-52-34(31-63-42)48(60)68-40/h8-22,25,31-33,36-41H,23-24,26-30H2,1-7H3,(H,54,55)(H,56,57)/t33-,36-,37+,38-,39-,40-,41-/m0/s1. The average Bonchev–Trinajstić information content (AvgIpc) is 3.60. The Bertz CT molecular complexity index is 2320. The van der Waals surface area contributed by atoms with Crippen molar-refractivity contribution in [3.63, 3.8) is 0 Å². The van der Waals surface area contributed by atoms with E-state index in [-0.39, 0.29) is 67.5 Å². The molecule has 2 aliphatic rings. The molecular formula is C51H62N2O16. The fraction of sp³-hybridized carbons (Fsp3) is 0.451. The third-order valence-electron chi connectivity index (χ3n) is 11.2. The molecule has 0 saturated carbocycles. The Balaban J connectivity index is 1.62. The second-order valence-corrected chi connectivity index (χ2v) is 17.2. The molecule has 69 heavy (non-hydrogen) atoms. The highest BCUT2D eigenvalue weighted by atomic mass is 16.6. The monoisotopic (exact) mass is 958 g/mol. The van der Waals surface area contributed by atoms with Gasteiger partial charge < -0.3 is 47.5 Å². The second-order valence-electron chi connectivity index (χ2n) is 17.2. The number of oxazole rings is 2. The van der Waals surface area contributed by atoms with E-state index in [9.17, 15) is 28.8 Å². The number of allylic oxidation sites excluding steroid dienone is 8. The molecule has 2 aliphatic heterocycles. The number of aromatic nitrogens is 2. The minimum Gasteiger partial charge on any atom is -0.481 e. The van der Waals surface area contributed by atoms with Crippen molar-refractivity contribution in [3.8, 4) is 0 Å². The van der Waals surface area contributed by atoms with Gasteiger partial charge in [0.2, 0.25) is 5.89 Å². The van der Waals surface area contributed by atoms with Gasteiger partial charge in [0.15, 0.2) is 17.3 Å². The Labute approximate surface area is 401 Å². The van der Waals surface area contributed by atoms with Crippen LogP contribution in [0, 0.1) is 10.8 Å². The van der Waals surface area contributed by atoms with Crippen LogP contribution in [0.1, 0.15) is 113 Å². The Morgan fingerprint density at radius 3 is 1.78 bits per heavy atom. The zero-order chi connectivity index (χ0) is 50.6. The molecule has 2 aromatic rings. The van der Waals surface area contributed by atoms with E-state index in [0.29, 0.717) is 0 Å². The molecule has 2 aromatic heterocycles. The first-order valence-corrected chi connectivity index (χ1v) is 22.5. The van der Waals surface area contributed by atoms with Gasteiger partial charge in [-0.3, -0.25) is 19.2 Å². The lowest BCUT2D eigenvalue weighted by Gasteiger charge is -2.38. The van der Waals surface area contributed by atoms with Crippen molar-refractivity contribution in [3.05, 3.63) is 127 Å². The molecule has 0 aliphatic carbocycles. The number of rotatable bonds is 15. The maximum Gasteiger partial charge on any atom is 0.360 e. The molecule has 4 heterocycles. The largest absolute Gasteiger partial charge is 0.481 e. The predicted octanol–water partition coefficient (Wildman–Crippen LogP) is 8.08. The van der Waals surface area contributed by atoms with Gasteiger partial charge in [-0.15, -0.1) is 0 Å². The van der Waals surface area contributed by atoms with Crippen LogP contribution in [-0.2, 0) is 54.0 Å². The number of carbonyl (C=O) groups is 6. The molecule has 0 amide bonds. The molecule has 4 bridgehead atoms. The van der Waals surface area contributed by atoms with Gasteiger partial charge >= 0.3 is 35.8 Å². The number of hydrogen-bond donors (Lipinski definition) is 2. The number of esters is 4. The lowest BCUT2D eigenvalue weighted by molar-refractivity contribution is -0.158. The van der Waals surface area contributed by atoms with Crippen LogP contribution in [-0.4, -0.2) is 106 Å². The number of methoxy groups -OCH3 is 1. The molecule has 0 unspecified atom stereocenters. The number of hydrogen-bond acceptors (Lipinski definition) is 16. The first-order valence-electron chi connectivity index (χ1n) is 22.5. The lowest BCUT2D eigenvalue weighted by Crippen LogP contribution is -2.44. The molecular weight excluding hydrogens is 897 g/mol. The van der Waals surface area contributed by atoms with Crippen LogP contribution >= 0.6 is 0 Å². The summed E-state index contributed by atoms with van der Waals surface area (Å²) < 4.78 is 46.2. The summed E-state index contributed by atoms with van der Waals surface area (Å²) >= 11 is 0. The number of ether oxygens (including phenoxy) is 6. The quantitative estimate of drug-likeness (QED) is 0.0740. The van der Waals surface area contributed by atoms with Crippen molar-refractivity contribution in [2.24, 2.45) is 10.8 Å². The van der Waals surface area contributed by atoms with Crippen LogP contribution in [0.25, 0.3) is 6.08 Å². The van der Waals surface area contributed by atoms with E-state index in [1.807, 2.05) is 6.08 Å². The predicted molar refractivity (Wildman–Crippen MR) is 249 cm³/mol. The van der Waals surface area contributed by atoms with Crippen LogP contribution in [0.2, 0.25) is 0 Å². The minimum atomic E-state index is -1.14. The van der Waals surface area contributed by atoms with Gasteiger partial charge in [-0.05, 0) is 26.0 Å². The third kappa shape index (κ3) is 17.6. The van der Waals surface area contributed by atoms with E-state index < -0.39 is 90.0 Å². The minimum absolute atomic E-state index is 0.0929. The molecule has 18 nitrogen and oxygen atoms in total. The van der Waals surface area contributed by atoms with Gasteiger partial charge in [-0.1, -0.05) is 107 Å². The van der Waals surface area contributed by atoms with Crippen molar-refractivity contribution < 1.29 is 76.2 Å². The smallest absolute Gasteiger partial charge is 0.360 e. The van der Waals surface area contributed by atoms with E-state index in [1.165, 1.54) is 19.6 Å². The van der Waals surface area contributed by atoms with E-state index in [1.54, 1.807) is 133 Å². The number of carbonyl (C=O) groups excluding carboxylic acids is 4. The highest BCUT2D eigenvalue weighted by Crippen LogP contribution is 2.36. The number of carboxylic acids is 2. The number of cyclic esters (lactones) is 2. The van der Waals surface area contributed by atoms with Crippen molar-refractivity contribution in [1.29, 1.82) is 0 Å². The molecule has 0 spiro atoms. The van der Waals surface area contributed by atoms with Crippen LogP contribution in [0.3, 0.4) is 0 Å². The van der Waals surface area contributed by atoms with Gasteiger partial charge in [-0.2, -0.15) is 0 Å². The number of nitrogens with zero attached hydrogens (tertiary/aromatic N) is 2. The molecule has 0 aromatic carbocycles. The van der Waals surface area contributed by atoms with Gasteiger partial charge in [0.05, 0.1) is 38.2 Å². The number of carboxylic acid groups (broad SMARTS) is 2. The zero-order valence-electron chi connectivity index (χ0n) is 39.9. The normalized spacial score (nSPS) is 21.8. The van der Waals surface area contributed by atoms with Crippen molar-refractivity contribution in [2.75, 3.05) is 7.11 Å². The van der Waals surface area contributed by atoms with Crippen molar-refractivity contribution >= 4 is 41.9 Å². The van der Waals surface area contributed by atoms with Gasteiger partial charge in [0.1, 0.15) is 49.2 Å². The molecule has 2 N–H and O–H groups in total. The van der Waals surface area contributed by atoms with Crippen LogP contribution in [0.15, 0.2) is 113 Å². The van der Waals surface area contributed by atoms with Crippen LogP contribution in [0.5, 0.6) is 0 Å². The molecule has 7 atom stereocenters. The summed E-state index contributed by atoms with van der Waals surface area (Å²) in [5.74, 6) is -4.96. The molecule has 1 fully saturated rings. The molecule has 18 heteroatoms. The fourth-order valence-corrected chi connectivity index (χ4v) is 6.85. The Morgan fingerprint density at radius 1 is 0.696 bits per heavy atom. The fourth-order valence-electron chi connectivity index (χ4n) is 6.85. The van der Waals surface area contributed by atoms with Crippen molar-refractivity contribution in [2.45, 2.75) is 129 Å². The molecule has 4 rings (SSSR count). The van der Waals surface area contributed by atoms with Gasteiger partial charge in [0.25, 0.3) is 0 Å². The maximum absolute atomic E-state index is 13.7. The van der Waals surface area contributed by atoms with Crippen LogP contribution < -0.4 is 0 Å². The topological polar surface area (TPSA) is 254 Å². The molecule has 372 valence electrons. The summed E-state index contributed by atoms with van der Waals surface area (Å²) in [6.45, 7) is 10.6. The summed E-state index contributed by atoms with van der Waals surface area (Å²) in [4.78, 5) is 83.6. The Hall–Kier alpha value is -6.92. The van der Waals surface area contributed by atoms with Gasteiger partial charge in [-0.25, -0.2) is 19.6 Å². The number of fused-ring (bicyclic) bond motifs is 5. The first kappa shape index (κ1) is 54.7. The molecule has 0 radical (unpaired) electrons. The highest BCUT2D eigenvalue weighted by molar-refractivity contribution is 5.87. The first-order chi connectivity index (χ1) is 32.9. The number of aliphatic carboxylic acids is 2. The summed E-state index contributed by atoms with van der Waals surface area (Å²) in [6, 6.07) is 0. The van der Waals surface area contributed by atoms with E-state index in [4.69, 9.17) is 47.5 Å². The third-order valence-corrected chi connectivity index (χ3v) is 11.2. The summed E-state index contributed by atoms with van der Waals surface area (Å²) in [5, 5.41) is 18.2. The van der Waals surface area contributed by atoms with Gasteiger partial charge in [0, 0.05) is 36.9 Å². The SMILES string of the molecule is CC=C[C@H](OC(=O)CCC(=O)O)C(C)(C)[C@@H]1CC=CC=CC=C[C@H](OC)Cc2nc(co2)C(=O)O[C@H](C(C)(C)[C@H](C=CC)OC(=O)CCC(=O)O)CC=C[C@H]2O[C@H]2C=CC=Cc2nc(co2)C(=O)O1. The van der Waals surface area contributed by atoms with Crippen molar-refractivity contribution in [1.82, 2.24) is 9.97 Å². The van der Waals surface area contributed by atoms with E-state index in [2.05, 4.69) is 9.97 Å². The second kappa shape index (κ2) is 26.6. The lowest BCUT2D eigenvalue weighted by atomic mass is 9.78. The van der Waals surface area contributed by atoms with E-state index in [0.717, 1.165) is 0 Å². The number of epoxide rings is 1. The summed E-state index contributed by atoms with van der Waals surface area (Å²) in [6.07, 6.45) is 24.2. The van der Waals surface area contributed by atoms with Crippen LogP contribution in [0.4, 0.5) is 0 Å². The highest BCUT2D eigenvalue weighted by Gasteiger charge is 2.43. The average molecular weight is 959 g/mol. The molecule has 1 saturated heterocycles. The zero-order valence-corrected chi connectivity index (χ0v) is 39.9. The summed E-state index contributed by atoms with van der Waals surface area (Å²) in [7, 11) is 1.51. The Kier molecular flexibility index (Phi) is 21.1. The summed E-state index contributed by atoms with van der Waals surface area (Å²) in [5.41, 5.74) is -2.25.